The van der Waals surface area contributed by atoms with Crippen LogP contribution in [0.5, 0.6) is 0 Å². The second-order valence-electron chi connectivity index (χ2n) is 5.19. The highest BCUT2D eigenvalue weighted by atomic mass is 16.4. The molecule has 0 aromatic carbocycles. The summed E-state index contributed by atoms with van der Waals surface area (Å²) in [7, 11) is 0. The number of aliphatic carboxylic acids is 5. The maximum atomic E-state index is 9.25. The molecule has 0 bridgehead atoms. The van der Waals surface area contributed by atoms with Gasteiger partial charge in [0.05, 0.1) is 13.2 Å². The van der Waals surface area contributed by atoms with Crippen LogP contribution in [-0.4, -0.2) is 124 Å². The SMILES string of the molecule is C=CC(=O)O.C=CC(=O)O.C=CC(=O)O.C=CC(=O)O.C=CC(=O)O.OC[C@@H](O)[C@@H](O)[C@H](O)[C@@H](O)CO. The average molecular weight is 542 g/mol. The molecule has 0 heterocycles. The molecule has 0 aliphatic heterocycles. The van der Waals surface area contributed by atoms with E-state index in [1.165, 1.54) is 0 Å². The predicted molar refractivity (Wildman–Crippen MR) is 127 cm³/mol. The quantitative estimate of drug-likeness (QED) is 0.129. The zero-order chi connectivity index (χ0) is 31.1. The van der Waals surface area contributed by atoms with Crippen LogP contribution in [-0.2, 0) is 24.0 Å². The van der Waals surface area contributed by atoms with Gasteiger partial charge in [0.2, 0.25) is 0 Å². The summed E-state index contributed by atoms with van der Waals surface area (Å²) in [4.78, 5) is 46.2. The fourth-order valence-electron chi connectivity index (χ4n) is 0.671. The fraction of sp³-hybridized carbons (Fsp3) is 0.286. The molecule has 0 unspecified atom stereocenters. The van der Waals surface area contributed by atoms with E-state index < -0.39 is 67.5 Å². The Bertz CT molecular complexity index is 582. The molecule has 4 atom stereocenters. The van der Waals surface area contributed by atoms with Crippen LogP contribution in [0.15, 0.2) is 63.3 Å². The van der Waals surface area contributed by atoms with E-state index in [-0.39, 0.29) is 0 Å². The summed E-state index contributed by atoms with van der Waals surface area (Å²) >= 11 is 0. The topological polar surface area (TPSA) is 308 Å². The lowest BCUT2D eigenvalue weighted by Crippen LogP contribution is -2.46. The van der Waals surface area contributed by atoms with Gasteiger partial charge in [-0.1, -0.05) is 32.9 Å². The smallest absolute Gasteiger partial charge is 0.327 e. The first-order valence-electron chi connectivity index (χ1n) is 9.11. The number of aliphatic hydroxyl groups is 6. The molecule has 0 amide bonds. The van der Waals surface area contributed by atoms with Crippen LogP contribution < -0.4 is 0 Å². The van der Waals surface area contributed by atoms with Gasteiger partial charge in [0.25, 0.3) is 0 Å². The lowest BCUT2D eigenvalue weighted by atomic mass is 10.0. The normalized spacial score (nSPS) is 11.3. The first-order valence-corrected chi connectivity index (χ1v) is 9.11. The monoisotopic (exact) mass is 542 g/mol. The van der Waals surface area contributed by atoms with Crippen LogP contribution in [0.4, 0.5) is 0 Å². The summed E-state index contributed by atoms with van der Waals surface area (Å²) in [6.45, 7) is 13.4. The Kier molecular flexibility index (Phi) is 42.4. The summed E-state index contributed by atoms with van der Waals surface area (Å²) in [6, 6.07) is 0. The minimum atomic E-state index is -1.67. The molecule has 0 aromatic rings. The van der Waals surface area contributed by atoms with E-state index in [0.29, 0.717) is 0 Å². The third-order valence-corrected chi connectivity index (χ3v) is 2.39. The molecular formula is C21H34O16. The van der Waals surface area contributed by atoms with Crippen LogP contribution in [0, 0.1) is 0 Å². The van der Waals surface area contributed by atoms with Crippen LogP contribution in [0.1, 0.15) is 0 Å². The number of carbonyl (C=O) groups is 5. The highest BCUT2D eigenvalue weighted by Gasteiger charge is 2.29. The lowest BCUT2D eigenvalue weighted by Gasteiger charge is -2.24. The molecule has 0 spiro atoms. The van der Waals surface area contributed by atoms with Gasteiger partial charge in [0, 0.05) is 30.4 Å². The second-order valence-corrected chi connectivity index (χ2v) is 5.19. The minimum absolute atomic E-state index is 0.726. The Hall–Kier alpha value is -4.19. The molecule has 0 saturated heterocycles. The number of hydrogen-bond donors (Lipinski definition) is 11. The largest absolute Gasteiger partial charge is 0.478 e. The van der Waals surface area contributed by atoms with Crippen molar-refractivity contribution >= 4 is 29.8 Å². The van der Waals surface area contributed by atoms with Crippen LogP contribution in [0.2, 0.25) is 0 Å². The number of hydrogen-bond acceptors (Lipinski definition) is 11. The highest BCUT2D eigenvalue weighted by molar-refractivity contribution is 5.80. The number of carboxylic acids is 5. The predicted octanol–water partition coefficient (Wildman–Crippen LogP) is -2.30. The summed E-state index contributed by atoms with van der Waals surface area (Å²) in [6.07, 6.45) is -2.23. The van der Waals surface area contributed by atoms with Crippen molar-refractivity contribution in [2.75, 3.05) is 13.2 Å². The van der Waals surface area contributed by atoms with Gasteiger partial charge in [-0.05, 0) is 0 Å². The Morgan fingerprint density at radius 3 is 0.622 bits per heavy atom. The van der Waals surface area contributed by atoms with E-state index in [0.717, 1.165) is 30.4 Å². The molecule has 16 heteroatoms. The molecule has 0 aliphatic carbocycles. The lowest BCUT2D eigenvalue weighted by molar-refractivity contribution is -0.132. The summed E-state index contributed by atoms with van der Waals surface area (Å²) in [5.41, 5.74) is 0. The number of aliphatic hydroxyl groups excluding tert-OH is 6. The van der Waals surface area contributed by atoms with Crippen LogP contribution in [0.25, 0.3) is 0 Å². The molecule has 0 fully saturated rings. The fourth-order valence-corrected chi connectivity index (χ4v) is 0.671. The highest BCUT2D eigenvalue weighted by Crippen LogP contribution is 2.04. The third kappa shape index (κ3) is 59.4. The molecule has 11 N–H and O–H groups in total. The van der Waals surface area contributed by atoms with Crippen molar-refractivity contribution in [3.05, 3.63) is 63.3 Å². The summed E-state index contributed by atoms with van der Waals surface area (Å²) < 4.78 is 0. The van der Waals surface area contributed by atoms with Crippen LogP contribution >= 0.6 is 0 Å². The Morgan fingerprint density at radius 2 is 0.568 bits per heavy atom. The zero-order valence-corrected chi connectivity index (χ0v) is 19.6. The number of carboxylic acid groups (broad SMARTS) is 5. The van der Waals surface area contributed by atoms with Crippen molar-refractivity contribution in [2.24, 2.45) is 0 Å². The van der Waals surface area contributed by atoms with Gasteiger partial charge in [-0.3, -0.25) is 0 Å². The summed E-state index contributed by atoms with van der Waals surface area (Å²) in [5.74, 6) is -4.91. The van der Waals surface area contributed by atoms with E-state index in [4.69, 9.17) is 56.2 Å². The van der Waals surface area contributed by atoms with E-state index >= 15 is 0 Å². The van der Waals surface area contributed by atoms with Crippen molar-refractivity contribution in [3.63, 3.8) is 0 Å². The molecule has 0 rings (SSSR count). The molecular weight excluding hydrogens is 508 g/mol. The third-order valence-electron chi connectivity index (χ3n) is 2.39. The minimum Gasteiger partial charge on any atom is -0.478 e. The standard InChI is InChI=1S/C6H14O6.5C3H4O2/c7-1-3(9)5(11)6(12)4(10)2-8;5*1-2-3(4)5/h3-12H,1-2H2;5*2H,1H2,(H,4,5)/t3-,4+,5-,6-;;;;;/m1...../s1. The Morgan fingerprint density at radius 1 is 0.459 bits per heavy atom. The van der Waals surface area contributed by atoms with Gasteiger partial charge >= 0.3 is 29.8 Å². The number of rotatable bonds is 10. The van der Waals surface area contributed by atoms with E-state index in [1.807, 2.05) is 0 Å². The second kappa shape index (κ2) is 34.0. The Balaban J connectivity index is -0.0000000825. The van der Waals surface area contributed by atoms with Gasteiger partial charge in [-0.2, -0.15) is 0 Å². The Labute approximate surface area is 211 Å². The molecule has 0 aromatic heterocycles. The van der Waals surface area contributed by atoms with Crippen molar-refractivity contribution in [1.82, 2.24) is 0 Å². The van der Waals surface area contributed by atoms with Gasteiger partial charge in [0.1, 0.15) is 24.4 Å². The average Bonchev–Trinajstić information content (AvgIpc) is 2.88. The maximum absolute atomic E-state index is 9.25. The van der Waals surface area contributed by atoms with E-state index in [9.17, 15) is 24.0 Å². The van der Waals surface area contributed by atoms with Gasteiger partial charge in [-0.25, -0.2) is 24.0 Å². The first-order chi connectivity index (χ1) is 16.9. The van der Waals surface area contributed by atoms with Crippen molar-refractivity contribution in [2.45, 2.75) is 24.4 Å². The molecule has 37 heavy (non-hydrogen) atoms. The van der Waals surface area contributed by atoms with Gasteiger partial charge in [-0.15, -0.1) is 0 Å². The van der Waals surface area contributed by atoms with E-state index in [1.54, 1.807) is 0 Å². The van der Waals surface area contributed by atoms with Gasteiger partial charge < -0.3 is 56.2 Å². The molecule has 16 nitrogen and oxygen atoms in total. The molecule has 0 radical (unpaired) electrons. The van der Waals surface area contributed by atoms with Crippen molar-refractivity contribution in [1.29, 1.82) is 0 Å². The maximum Gasteiger partial charge on any atom is 0.327 e. The molecule has 0 aliphatic rings. The first kappa shape index (κ1) is 46.2. The summed E-state index contributed by atoms with van der Waals surface area (Å²) in [5, 5.41) is 90.2. The van der Waals surface area contributed by atoms with E-state index in [2.05, 4.69) is 32.9 Å². The molecule has 214 valence electrons. The molecule has 0 saturated carbocycles. The van der Waals surface area contributed by atoms with Crippen molar-refractivity contribution in [3.8, 4) is 0 Å². The van der Waals surface area contributed by atoms with Crippen molar-refractivity contribution < 1.29 is 80.1 Å². The zero-order valence-electron chi connectivity index (χ0n) is 19.6. The van der Waals surface area contributed by atoms with Crippen LogP contribution in [0.3, 0.4) is 0 Å². The van der Waals surface area contributed by atoms with Gasteiger partial charge in [0.15, 0.2) is 0 Å².